The number of rotatable bonds is 3. The molecule has 0 aliphatic heterocycles. The molecule has 0 saturated carbocycles. The zero-order valence-corrected chi connectivity index (χ0v) is 10.4. The summed E-state index contributed by atoms with van der Waals surface area (Å²) in [6, 6.07) is 2.72. The molecule has 86 valence electrons. The van der Waals surface area contributed by atoms with Gasteiger partial charge in [0, 0.05) is 17.0 Å². The van der Waals surface area contributed by atoms with Gasteiger partial charge >= 0.3 is 5.97 Å². The summed E-state index contributed by atoms with van der Waals surface area (Å²) in [5.41, 5.74) is 1.41. The second-order valence-corrected chi connectivity index (χ2v) is 3.68. The molecule has 1 aromatic carbocycles. The Balaban J connectivity index is 3.40. The van der Waals surface area contributed by atoms with Gasteiger partial charge in [-0.3, -0.25) is 10.1 Å². The zero-order valence-electron chi connectivity index (χ0n) is 8.82. The first kappa shape index (κ1) is 12.6. The number of hydrogen-bond donors (Lipinski definition) is 0. The highest BCUT2D eigenvalue weighted by Gasteiger charge is 2.20. The van der Waals surface area contributed by atoms with Crippen molar-refractivity contribution >= 4 is 27.6 Å². The highest BCUT2D eigenvalue weighted by molar-refractivity contribution is 9.08. The fourth-order valence-corrected chi connectivity index (χ4v) is 2.14. The van der Waals surface area contributed by atoms with Crippen molar-refractivity contribution < 1.29 is 14.5 Å². The van der Waals surface area contributed by atoms with E-state index in [0.29, 0.717) is 22.0 Å². The number of nitrogens with zero attached hydrogens (tertiary/aromatic N) is 1. The average molecular weight is 288 g/mol. The van der Waals surface area contributed by atoms with Crippen molar-refractivity contribution in [1.29, 1.82) is 0 Å². The lowest BCUT2D eigenvalue weighted by Gasteiger charge is -2.08. The molecule has 0 aliphatic rings. The summed E-state index contributed by atoms with van der Waals surface area (Å²) in [6.45, 7) is 1.61. The van der Waals surface area contributed by atoms with Gasteiger partial charge in [-0.2, -0.15) is 0 Å². The van der Waals surface area contributed by atoms with Crippen LogP contribution in [0.2, 0.25) is 0 Å². The van der Waals surface area contributed by atoms with Crippen LogP contribution in [0, 0.1) is 17.0 Å². The molecule has 0 radical (unpaired) electrons. The number of alkyl halides is 1. The molecule has 5 nitrogen and oxygen atoms in total. The van der Waals surface area contributed by atoms with Gasteiger partial charge in [0.1, 0.15) is 0 Å². The molecule has 0 atom stereocenters. The maximum absolute atomic E-state index is 11.4. The van der Waals surface area contributed by atoms with Gasteiger partial charge in [0.15, 0.2) is 0 Å². The minimum atomic E-state index is -0.493. The number of methoxy groups -OCH3 is 1. The quantitative estimate of drug-likeness (QED) is 0.371. The fourth-order valence-electron chi connectivity index (χ4n) is 1.42. The standard InChI is InChI=1S/C10H10BrNO4/c1-6-8(5-11)7(10(13)16-2)3-4-9(6)12(14)15/h3-4H,5H2,1-2H3. The van der Waals surface area contributed by atoms with Crippen LogP contribution in [0.5, 0.6) is 0 Å². The predicted octanol–water partition coefficient (Wildman–Crippen LogP) is 2.58. The molecule has 0 saturated heterocycles. The number of carbonyl (C=O) groups excluding carboxylic acids is 1. The molecule has 0 fully saturated rings. The summed E-state index contributed by atoms with van der Waals surface area (Å²) < 4.78 is 4.60. The Morgan fingerprint density at radius 2 is 2.19 bits per heavy atom. The summed E-state index contributed by atoms with van der Waals surface area (Å²) in [6.07, 6.45) is 0. The molecule has 0 unspecified atom stereocenters. The maximum Gasteiger partial charge on any atom is 0.338 e. The van der Waals surface area contributed by atoms with Crippen molar-refractivity contribution in [3.63, 3.8) is 0 Å². The highest BCUT2D eigenvalue weighted by Crippen LogP contribution is 2.26. The summed E-state index contributed by atoms with van der Waals surface area (Å²) in [5.74, 6) is -0.493. The molecular weight excluding hydrogens is 278 g/mol. The number of nitro benzene ring substituents is 1. The topological polar surface area (TPSA) is 69.4 Å². The second kappa shape index (κ2) is 5.07. The molecule has 0 aromatic heterocycles. The number of nitro groups is 1. The van der Waals surface area contributed by atoms with Crippen LogP contribution in [0.4, 0.5) is 5.69 Å². The van der Waals surface area contributed by atoms with E-state index in [9.17, 15) is 14.9 Å². The van der Waals surface area contributed by atoms with E-state index >= 15 is 0 Å². The van der Waals surface area contributed by atoms with Crippen molar-refractivity contribution in [1.82, 2.24) is 0 Å². The van der Waals surface area contributed by atoms with Crippen LogP contribution < -0.4 is 0 Å². The van der Waals surface area contributed by atoms with Gasteiger partial charge in [0.2, 0.25) is 0 Å². The van der Waals surface area contributed by atoms with Gasteiger partial charge in [-0.05, 0) is 18.6 Å². The molecule has 0 amide bonds. The lowest BCUT2D eigenvalue weighted by atomic mass is 10.0. The SMILES string of the molecule is COC(=O)c1ccc([N+](=O)[O-])c(C)c1CBr. The third-order valence-corrected chi connectivity index (χ3v) is 2.87. The molecule has 1 rings (SSSR count). The monoisotopic (exact) mass is 287 g/mol. The average Bonchev–Trinajstić information content (AvgIpc) is 2.26. The van der Waals surface area contributed by atoms with Crippen LogP contribution in [0.1, 0.15) is 21.5 Å². The Kier molecular flexibility index (Phi) is 4.00. The van der Waals surface area contributed by atoms with E-state index in [1.165, 1.54) is 19.2 Å². The zero-order chi connectivity index (χ0) is 12.3. The number of halogens is 1. The molecule has 0 aliphatic carbocycles. The summed E-state index contributed by atoms with van der Waals surface area (Å²) in [5, 5.41) is 11.1. The van der Waals surface area contributed by atoms with E-state index < -0.39 is 10.9 Å². The fraction of sp³-hybridized carbons (Fsp3) is 0.300. The van der Waals surface area contributed by atoms with Crippen LogP contribution in [-0.4, -0.2) is 18.0 Å². The third-order valence-electron chi connectivity index (χ3n) is 2.31. The van der Waals surface area contributed by atoms with Crippen LogP contribution in [0.15, 0.2) is 12.1 Å². The summed E-state index contributed by atoms with van der Waals surface area (Å²) in [4.78, 5) is 21.7. The van der Waals surface area contributed by atoms with E-state index in [1.807, 2.05) is 0 Å². The summed E-state index contributed by atoms with van der Waals surface area (Å²) in [7, 11) is 1.27. The van der Waals surface area contributed by atoms with Gasteiger partial charge in [-0.1, -0.05) is 15.9 Å². The Morgan fingerprint density at radius 3 is 2.62 bits per heavy atom. The minimum Gasteiger partial charge on any atom is -0.465 e. The van der Waals surface area contributed by atoms with Crippen LogP contribution in [0.3, 0.4) is 0 Å². The van der Waals surface area contributed by atoms with Crippen LogP contribution >= 0.6 is 15.9 Å². The van der Waals surface area contributed by atoms with Crippen LogP contribution in [0.25, 0.3) is 0 Å². The van der Waals surface area contributed by atoms with Crippen molar-refractivity contribution in [3.8, 4) is 0 Å². The normalized spacial score (nSPS) is 9.94. The number of esters is 1. The lowest BCUT2D eigenvalue weighted by molar-refractivity contribution is -0.385. The molecule has 0 N–H and O–H groups in total. The third kappa shape index (κ3) is 2.21. The Hall–Kier alpha value is -1.43. The van der Waals surface area contributed by atoms with Crippen molar-refractivity contribution in [3.05, 3.63) is 38.9 Å². The van der Waals surface area contributed by atoms with Gasteiger partial charge in [0.25, 0.3) is 5.69 Å². The number of ether oxygens (including phenoxy) is 1. The van der Waals surface area contributed by atoms with Gasteiger partial charge in [-0.15, -0.1) is 0 Å². The van der Waals surface area contributed by atoms with Gasteiger partial charge in [0.05, 0.1) is 17.6 Å². The highest BCUT2D eigenvalue weighted by atomic mass is 79.9. The first-order valence-electron chi connectivity index (χ1n) is 4.44. The summed E-state index contributed by atoms with van der Waals surface area (Å²) >= 11 is 3.21. The van der Waals surface area contributed by atoms with E-state index in [4.69, 9.17) is 0 Å². The maximum atomic E-state index is 11.4. The molecule has 0 bridgehead atoms. The molecular formula is C10H10BrNO4. The van der Waals surface area contributed by atoms with Crippen molar-refractivity contribution in [2.24, 2.45) is 0 Å². The largest absolute Gasteiger partial charge is 0.465 e. The molecule has 6 heteroatoms. The van der Waals surface area contributed by atoms with E-state index in [0.717, 1.165) is 0 Å². The van der Waals surface area contributed by atoms with Gasteiger partial charge in [-0.25, -0.2) is 4.79 Å². The molecule has 0 heterocycles. The van der Waals surface area contributed by atoms with E-state index in [1.54, 1.807) is 6.92 Å². The molecule has 0 spiro atoms. The van der Waals surface area contributed by atoms with Crippen molar-refractivity contribution in [2.45, 2.75) is 12.3 Å². The van der Waals surface area contributed by atoms with Gasteiger partial charge < -0.3 is 4.74 Å². The Morgan fingerprint density at radius 1 is 1.56 bits per heavy atom. The lowest BCUT2D eigenvalue weighted by Crippen LogP contribution is -2.07. The second-order valence-electron chi connectivity index (χ2n) is 3.12. The van der Waals surface area contributed by atoms with Crippen LogP contribution in [-0.2, 0) is 10.1 Å². The van der Waals surface area contributed by atoms with E-state index in [2.05, 4.69) is 20.7 Å². The predicted molar refractivity (Wildman–Crippen MR) is 61.8 cm³/mol. The first-order valence-corrected chi connectivity index (χ1v) is 5.56. The van der Waals surface area contributed by atoms with Crippen molar-refractivity contribution in [2.75, 3.05) is 7.11 Å². The van der Waals surface area contributed by atoms with E-state index in [-0.39, 0.29) is 5.69 Å². The molecule has 16 heavy (non-hydrogen) atoms. The number of hydrogen-bond acceptors (Lipinski definition) is 4. The number of carbonyl (C=O) groups is 1. The Labute approximate surface area is 101 Å². The number of benzene rings is 1. The first-order chi connectivity index (χ1) is 7.52. The minimum absolute atomic E-state index is 0.00195. The molecule has 1 aromatic rings. The smallest absolute Gasteiger partial charge is 0.338 e. The Bertz CT molecular complexity index is 445.